The van der Waals surface area contributed by atoms with Crippen LogP contribution in [0.2, 0.25) is 0 Å². The zero-order valence-corrected chi connectivity index (χ0v) is 15.7. The highest BCUT2D eigenvalue weighted by Gasteiger charge is 2.13. The number of carbonyl (C=O) groups is 1. The Morgan fingerprint density at radius 3 is 2.62 bits per heavy atom. The number of ether oxygens (including phenoxy) is 3. The lowest BCUT2D eigenvalue weighted by molar-refractivity contribution is 0.0600. The number of hydrogen-bond donors (Lipinski definition) is 0. The van der Waals surface area contributed by atoms with Crippen molar-refractivity contribution in [2.75, 3.05) is 14.2 Å². The van der Waals surface area contributed by atoms with E-state index in [4.69, 9.17) is 18.6 Å². The predicted octanol–water partition coefficient (Wildman–Crippen LogP) is 3.93. The Morgan fingerprint density at radius 1 is 1.08 bits per heavy atom. The number of rotatable bonds is 5. The SMILES string of the molecule is COC(=O)c1ccc(OCc2cc(=O)oc3cc(Br)ccc23)c(OC)c1. The summed E-state index contributed by atoms with van der Waals surface area (Å²) in [5.41, 5.74) is 1.05. The number of carbonyl (C=O) groups excluding carboxylic acids is 1. The Bertz CT molecular complexity index is 1020. The summed E-state index contributed by atoms with van der Waals surface area (Å²) in [6.07, 6.45) is 0. The van der Waals surface area contributed by atoms with Gasteiger partial charge >= 0.3 is 11.6 Å². The monoisotopic (exact) mass is 418 g/mol. The molecule has 2 aromatic carbocycles. The molecule has 0 aliphatic heterocycles. The molecule has 0 unspecified atom stereocenters. The van der Waals surface area contributed by atoms with Crippen molar-refractivity contribution in [3.63, 3.8) is 0 Å². The fraction of sp³-hybridized carbons (Fsp3) is 0.158. The van der Waals surface area contributed by atoms with Crippen LogP contribution in [0.3, 0.4) is 0 Å². The minimum atomic E-state index is -0.466. The smallest absolute Gasteiger partial charge is 0.337 e. The van der Waals surface area contributed by atoms with Crippen LogP contribution >= 0.6 is 15.9 Å². The van der Waals surface area contributed by atoms with Crippen molar-refractivity contribution in [2.24, 2.45) is 0 Å². The molecule has 0 amide bonds. The van der Waals surface area contributed by atoms with Gasteiger partial charge in [0, 0.05) is 21.5 Å². The van der Waals surface area contributed by atoms with Crippen molar-refractivity contribution in [3.05, 3.63) is 68.5 Å². The van der Waals surface area contributed by atoms with E-state index in [1.54, 1.807) is 18.2 Å². The fourth-order valence-corrected chi connectivity index (χ4v) is 2.85. The van der Waals surface area contributed by atoms with Gasteiger partial charge in [0.05, 0.1) is 19.8 Å². The molecular weight excluding hydrogens is 404 g/mol. The molecule has 0 bridgehead atoms. The van der Waals surface area contributed by atoms with Gasteiger partial charge in [-0.1, -0.05) is 15.9 Å². The van der Waals surface area contributed by atoms with Gasteiger partial charge in [-0.25, -0.2) is 9.59 Å². The lowest BCUT2D eigenvalue weighted by Gasteiger charge is -2.12. The first-order chi connectivity index (χ1) is 12.5. The highest BCUT2D eigenvalue weighted by atomic mass is 79.9. The van der Waals surface area contributed by atoms with Crippen LogP contribution in [0.1, 0.15) is 15.9 Å². The summed E-state index contributed by atoms with van der Waals surface area (Å²) in [6.45, 7) is 0.137. The molecule has 0 saturated carbocycles. The largest absolute Gasteiger partial charge is 0.493 e. The van der Waals surface area contributed by atoms with E-state index in [9.17, 15) is 9.59 Å². The van der Waals surface area contributed by atoms with Gasteiger partial charge in [-0.3, -0.25) is 0 Å². The van der Waals surface area contributed by atoms with Crippen molar-refractivity contribution in [1.29, 1.82) is 0 Å². The third-order valence-corrected chi connectivity index (χ3v) is 4.25. The van der Waals surface area contributed by atoms with E-state index in [1.807, 2.05) is 12.1 Å². The average molecular weight is 419 g/mol. The maximum Gasteiger partial charge on any atom is 0.337 e. The van der Waals surface area contributed by atoms with Crippen LogP contribution in [0.15, 0.2) is 56.1 Å². The summed E-state index contributed by atoms with van der Waals surface area (Å²) in [5, 5.41) is 0.776. The van der Waals surface area contributed by atoms with Gasteiger partial charge in [-0.05, 0) is 36.4 Å². The first kappa shape index (κ1) is 18.0. The first-order valence-electron chi connectivity index (χ1n) is 7.63. The molecule has 0 radical (unpaired) electrons. The summed E-state index contributed by atoms with van der Waals surface area (Å²) < 4.78 is 21.8. The van der Waals surface area contributed by atoms with E-state index >= 15 is 0 Å². The lowest BCUT2D eigenvalue weighted by Crippen LogP contribution is -2.06. The van der Waals surface area contributed by atoms with Crippen LogP contribution < -0.4 is 15.1 Å². The van der Waals surface area contributed by atoms with Crippen molar-refractivity contribution < 1.29 is 23.4 Å². The van der Waals surface area contributed by atoms with Crippen LogP contribution in [0.5, 0.6) is 11.5 Å². The summed E-state index contributed by atoms with van der Waals surface area (Å²) >= 11 is 3.35. The van der Waals surface area contributed by atoms with Crippen LogP contribution in [0.4, 0.5) is 0 Å². The van der Waals surface area contributed by atoms with E-state index in [0.717, 1.165) is 9.86 Å². The Kier molecular flexibility index (Phi) is 5.27. The molecular formula is C19H15BrO6. The van der Waals surface area contributed by atoms with Gasteiger partial charge in [0.2, 0.25) is 0 Å². The van der Waals surface area contributed by atoms with E-state index in [2.05, 4.69) is 15.9 Å². The molecule has 7 heteroatoms. The van der Waals surface area contributed by atoms with Crippen molar-refractivity contribution in [2.45, 2.75) is 6.61 Å². The highest BCUT2D eigenvalue weighted by molar-refractivity contribution is 9.10. The number of halogens is 1. The molecule has 0 spiro atoms. The lowest BCUT2D eigenvalue weighted by atomic mass is 10.1. The molecule has 3 rings (SSSR count). The number of benzene rings is 2. The standard InChI is InChI=1S/C19H15BrO6/c1-23-17-7-11(19(22)24-2)3-6-15(17)25-10-12-8-18(21)26-16-9-13(20)4-5-14(12)16/h3-9H,10H2,1-2H3. The molecule has 26 heavy (non-hydrogen) atoms. The molecule has 0 aliphatic rings. The van der Waals surface area contributed by atoms with Crippen LogP contribution in [0, 0.1) is 0 Å². The molecule has 1 aromatic heterocycles. The third kappa shape index (κ3) is 3.72. The molecule has 3 aromatic rings. The van der Waals surface area contributed by atoms with Crippen molar-refractivity contribution in [3.8, 4) is 11.5 Å². The maximum atomic E-state index is 11.8. The third-order valence-electron chi connectivity index (χ3n) is 3.76. The topological polar surface area (TPSA) is 75.0 Å². The minimum Gasteiger partial charge on any atom is -0.493 e. The second-order valence-corrected chi connectivity index (χ2v) is 6.29. The molecule has 134 valence electrons. The Balaban J connectivity index is 1.91. The van der Waals surface area contributed by atoms with Crippen LogP contribution in [-0.2, 0) is 11.3 Å². The van der Waals surface area contributed by atoms with Crippen molar-refractivity contribution >= 4 is 32.9 Å². The number of methoxy groups -OCH3 is 2. The zero-order valence-electron chi connectivity index (χ0n) is 14.1. The second kappa shape index (κ2) is 7.61. The number of hydrogen-bond acceptors (Lipinski definition) is 6. The molecule has 0 saturated heterocycles. The Hall–Kier alpha value is -2.80. The summed E-state index contributed by atoms with van der Waals surface area (Å²) in [7, 11) is 2.79. The fourth-order valence-electron chi connectivity index (χ4n) is 2.51. The molecule has 1 heterocycles. The van der Waals surface area contributed by atoms with Gasteiger partial charge in [0.15, 0.2) is 11.5 Å². The van der Waals surface area contributed by atoms with Gasteiger partial charge in [-0.15, -0.1) is 0 Å². The normalized spacial score (nSPS) is 10.6. The molecule has 0 N–H and O–H groups in total. The highest BCUT2D eigenvalue weighted by Crippen LogP contribution is 2.30. The Labute approximate surface area is 157 Å². The van der Waals surface area contributed by atoms with Gasteiger partial charge in [0.1, 0.15) is 12.2 Å². The zero-order chi connectivity index (χ0) is 18.7. The molecule has 0 atom stereocenters. The summed E-state index contributed by atoms with van der Waals surface area (Å²) in [5.74, 6) is 0.369. The number of fused-ring (bicyclic) bond motifs is 1. The number of esters is 1. The van der Waals surface area contributed by atoms with Crippen molar-refractivity contribution in [1.82, 2.24) is 0 Å². The second-order valence-electron chi connectivity index (χ2n) is 5.38. The quantitative estimate of drug-likeness (QED) is 0.461. The maximum absolute atomic E-state index is 11.8. The van der Waals surface area contributed by atoms with Gasteiger partial charge in [0.25, 0.3) is 0 Å². The molecule has 0 fully saturated rings. The summed E-state index contributed by atoms with van der Waals surface area (Å²) in [4.78, 5) is 23.4. The average Bonchev–Trinajstić information content (AvgIpc) is 2.64. The Morgan fingerprint density at radius 2 is 1.88 bits per heavy atom. The van der Waals surface area contributed by atoms with E-state index < -0.39 is 11.6 Å². The van der Waals surface area contributed by atoms with Gasteiger partial charge in [-0.2, -0.15) is 0 Å². The van der Waals surface area contributed by atoms with Crippen LogP contribution in [0.25, 0.3) is 11.0 Å². The molecule has 0 aliphatic carbocycles. The van der Waals surface area contributed by atoms with Crippen LogP contribution in [-0.4, -0.2) is 20.2 Å². The van der Waals surface area contributed by atoms with Gasteiger partial charge < -0.3 is 18.6 Å². The van der Waals surface area contributed by atoms with E-state index in [0.29, 0.717) is 28.2 Å². The van der Waals surface area contributed by atoms with E-state index in [1.165, 1.54) is 26.4 Å². The first-order valence-corrected chi connectivity index (χ1v) is 8.42. The predicted molar refractivity (Wildman–Crippen MR) is 98.8 cm³/mol. The molecule has 6 nitrogen and oxygen atoms in total. The summed E-state index contributed by atoms with van der Waals surface area (Å²) in [6, 6.07) is 11.6. The van der Waals surface area contributed by atoms with E-state index in [-0.39, 0.29) is 6.61 Å². The minimum absolute atomic E-state index is 0.137.